The number of aryl methyl sites for hydroxylation is 1. The zero-order chi connectivity index (χ0) is 19.1. The van der Waals surface area contributed by atoms with Crippen molar-refractivity contribution >= 4 is 34.8 Å². The highest BCUT2D eigenvalue weighted by atomic mass is 35.5. The van der Waals surface area contributed by atoms with E-state index in [-0.39, 0.29) is 18.2 Å². The average Bonchev–Trinajstić information content (AvgIpc) is 2.62. The van der Waals surface area contributed by atoms with Gasteiger partial charge in [-0.25, -0.2) is 0 Å². The van der Waals surface area contributed by atoms with E-state index in [1.54, 1.807) is 23.1 Å². The number of halogens is 1. The molecule has 0 radical (unpaired) electrons. The molecule has 6 heteroatoms. The molecule has 0 aliphatic carbocycles. The molecular weight excluding hydrogens is 352 g/mol. The van der Waals surface area contributed by atoms with Crippen LogP contribution < -0.4 is 15.0 Å². The van der Waals surface area contributed by atoms with E-state index in [2.05, 4.69) is 5.32 Å². The summed E-state index contributed by atoms with van der Waals surface area (Å²) < 4.78 is 5.09. The fourth-order valence-corrected chi connectivity index (χ4v) is 2.96. The lowest BCUT2D eigenvalue weighted by atomic mass is 10.1. The lowest BCUT2D eigenvalue weighted by Gasteiger charge is -2.23. The van der Waals surface area contributed by atoms with E-state index in [1.807, 2.05) is 31.2 Å². The molecule has 0 atom stereocenters. The average molecular weight is 375 g/mol. The maximum absolute atomic E-state index is 12.3. The number of carbonyl (C=O) groups excluding carboxylic acids is 2. The summed E-state index contributed by atoms with van der Waals surface area (Å²) in [6, 6.07) is 12.8. The van der Waals surface area contributed by atoms with Crippen LogP contribution >= 0.6 is 11.6 Å². The number of nitrogens with zero attached hydrogens (tertiary/aromatic N) is 1. The van der Waals surface area contributed by atoms with Gasteiger partial charge in [0.2, 0.25) is 11.8 Å². The van der Waals surface area contributed by atoms with Gasteiger partial charge in [0.25, 0.3) is 0 Å². The second-order valence-corrected chi connectivity index (χ2v) is 6.21. The van der Waals surface area contributed by atoms with Gasteiger partial charge in [-0.1, -0.05) is 36.7 Å². The molecule has 138 valence electrons. The Kier molecular flexibility index (Phi) is 7.04. The van der Waals surface area contributed by atoms with Crippen molar-refractivity contribution in [3.05, 3.63) is 53.1 Å². The molecule has 0 spiro atoms. The zero-order valence-corrected chi connectivity index (χ0v) is 16.0. The van der Waals surface area contributed by atoms with Crippen molar-refractivity contribution < 1.29 is 14.3 Å². The minimum atomic E-state index is -0.188. The highest BCUT2D eigenvalue weighted by Crippen LogP contribution is 2.27. The first-order valence-corrected chi connectivity index (χ1v) is 8.83. The van der Waals surface area contributed by atoms with E-state index in [9.17, 15) is 9.59 Å². The van der Waals surface area contributed by atoms with Crippen LogP contribution in [0.1, 0.15) is 25.8 Å². The lowest BCUT2D eigenvalue weighted by Crippen LogP contribution is -2.32. The van der Waals surface area contributed by atoms with Gasteiger partial charge in [-0.3, -0.25) is 9.59 Å². The summed E-state index contributed by atoms with van der Waals surface area (Å²) in [7, 11) is 1.53. The number of carbonyl (C=O) groups is 2. The third-order valence-electron chi connectivity index (χ3n) is 4.04. The molecule has 26 heavy (non-hydrogen) atoms. The number of hydrogen-bond donors (Lipinski definition) is 1. The molecule has 0 aliphatic heterocycles. The summed E-state index contributed by atoms with van der Waals surface area (Å²) in [6.07, 6.45) is 0.998. The van der Waals surface area contributed by atoms with Crippen LogP contribution in [0.25, 0.3) is 0 Å². The maximum Gasteiger partial charge on any atom is 0.226 e. The maximum atomic E-state index is 12.3. The van der Waals surface area contributed by atoms with Crippen LogP contribution in [0.3, 0.4) is 0 Å². The largest absolute Gasteiger partial charge is 0.495 e. The Balaban J connectivity index is 2.04. The van der Waals surface area contributed by atoms with Gasteiger partial charge in [-0.05, 0) is 36.2 Å². The first-order chi connectivity index (χ1) is 12.5. The second-order valence-electron chi connectivity index (χ2n) is 5.80. The van der Waals surface area contributed by atoms with Crippen molar-refractivity contribution in [2.24, 2.45) is 0 Å². The van der Waals surface area contributed by atoms with Gasteiger partial charge >= 0.3 is 0 Å². The summed E-state index contributed by atoms with van der Waals surface area (Å²) in [6.45, 7) is 3.85. The second kappa shape index (κ2) is 9.25. The Hall–Kier alpha value is -2.53. The Labute approximate surface area is 158 Å². The first-order valence-electron chi connectivity index (χ1n) is 8.45. The van der Waals surface area contributed by atoms with Crippen LogP contribution in [0.4, 0.5) is 11.4 Å². The van der Waals surface area contributed by atoms with Crippen molar-refractivity contribution in [1.29, 1.82) is 0 Å². The van der Waals surface area contributed by atoms with E-state index in [1.165, 1.54) is 14.0 Å². The molecule has 2 rings (SSSR count). The molecule has 0 saturated carbocycles. The number of hydrogen-bond acceptors (Lipinski definition) is 3. The van der Waals surface area contributed by atoms with Gasteiger partial charge in [-0.2, -0.15) is 0 Å². The van der Waals surface area contributed by atoms with Gasteiger partial charge in [0.05, 0.1) is 12.1 Å². The third kappa shape index (κ3) is 4.99. The Morgan fingerprint density at radius 2 is 1.92 bits per heavy atom. The summed E-state index contributed by atoms with van der Waals surface area (Å²) in [5.41, 5.74) is 2.51. The number of rotatable bonds is 7. The molecule has 0 aromatic heterocycles. The molecule has 0 fully saturated rings. The number of amides is 2. The van der Waals surface area contributed by atoms with Gasteiger partial charge in [0.1, 0.15) is 5.75 Å². The van der Waals surface area contributed by atoms with Crippen LogP contribution in [0.5, 0.6) is 5.75 Å². The number of methoxy groups -OCH3 is 1. The number of para-hydroxylation sites is 1. The molecular formula is C20H23ClN2O3. The summed E-state index contributed by atoms with van der Waals surface area (Å²) in [5.74, 6) is 0.265. The van der Waals surface area contributed by atoms with E-state index in [0.717, 1.165) is 17.7 Å². The number of ether oxygens (including phenoxy) is 1. The third-order valence-corrected chi connectivity index (χ3v) is 4.34. The molecule has 0 bridgehead atoms. The molecule has 1 N–H and O–H groups in total. The van der Waals surface area contributed by atoms with Crippen molar-refractivity contribution in [2.75, 3.05) is 23.9 Å². The summed E-state index contributed by atoms with van der Waals surface area (Å²) in [5, 5.41) is 3.22. The monoisotopic (exact) mass is 374 g/mol. The number of anilines is 2. The SMILES string of the molecule is CCc1ccccc1N(CCC(=O)Nc1ccc(OC)c(Cl)c1)C(C)=O. The highest BCUT2D eigenvalue weighted by molar-refractivity contribution is 6.32. The molecule has 0 aliphatic rings. The highest BCUT2D eigenvalue weighted by Gasteiger charge is 2.16. The smallest absolute Gasteiger partial charge is 0.226 e. The molecule has 5 nitrogen and oxygen atoms in total. The predicted octanol–water partition coefficient (Wildman–Crippen LogP) is 4.29. The van der Waals surface area contributed by atoms with Crippen molar-refractivity contribution in [3.8, 4) is 5.75 Å². The fraction of sp³-hybridized carbons (Fsp3) is 0.300. The van der Waals surface area contributed by atoms with Crippen LogP contribution in [-0.4, -0.2) is 25.5 Å². The van der Waals surface area contributed by atoms with Crippen molar-refractivity contribution in [2.45, 2.75) is 26.7 Å². The minimum absolute atomic E-state index is 0.0915. The molecule has 0 heterocycles. The minimum Gasteiger partial charge on any atom is -0.495 e. The topological polar surface area (TPSA) is 58.6 Å². The summed E-state index contributed by atoms with van der Waals surface area (Å²) in [4.78, 5) is 26.0. The number of nitrogens with one attached hydrogen (secondary N) is 1. The first kappa shape index (κ1) is 19.8. The van der Waals surface area contributed by atoms with Gasteiger partial charge in [-0.15, -0.1) is 0 Å². The summed E-state index contributed by atoms with van der Waals surface area (Å²) >= 11 is 6.07. The molecule has 2 amide bonds. The van der Waals surface area contributed by atoms with Gasteiger partial charge in [0, 0.05) is 31.3 Å². The van der Waals surface area contributed by atoms with Crippen LogP contribution in [0.2, 0.25) is 5.02 Å². The van der Waals surface area contributed by atoms with Crippen molar-refractivity contribution in [3.63, 3.8) is 0 Å². The van der Waals surface area contributed by atoms with Crippen LogP contribution in [0.15, 0.2) is 42.5 Å². The van der Waals surface area contributed by atoms with Gasteiger partial charge in [0.15, 0.2) is 0 Å². The zero-order valence-electron chi connectivity index (χ0n) is 15.2. The Bertz CT molecular complexity index is 792. The molecule has 2 aromatic rings. The molecule has 0 saturated heterocycles. The Morgan fingerprint density at radius 1 is 1.19 bits per heavy atom. The fourth-order valence-electron chi connectivity index (χ4n) is 2.70. The van der Waals surface area contributed by atoms with Gasteiger partial charge < -0.3 is 15.0 Å². The van der Waals surface area contributed by atoms with Crippen LogP contribution in [-0.2, 0) is 16.0 Å². The van der Waals surface area contributed by atoms with E-state index < -0.39 is 0 Å². The lowest BCUT2D eigenvalue weighted by molar-refractivity contribution is -0.117. The normalized spacial score (nSPS) is 10.3. The standard InChI is InChI=1S/C20H23ClN2O3/c1-4-15-7-5-6-8-18(15)23(14(2)24)12-11-20(25)22-16-9-10-19(26-3)17(21)13-16/h5-10,13H,4,11-12H2,1-3H3,(H,22,25). The molecule has 0 unspecified atom stereocenters. The van der Waals surface area contributed by atoms with E-state index >= 15 is 0 Å². The molecule has 2 aromatic carbocycles. The quantitative estimate of drug-likeness (QED) is 0.786. The number of benzene rings is 2. The van der Waals surface area contributed by atoms with Crippen LogP contribution in [0, 0.1) is 0 Å². The van der Waals surface area contributed by atoms with E-state index in [0.29, 0.717) is 23.0 Å². The predicted molar refractivity (Wildman–Crippen MR) is 105 cm³/mol. The van der Waals surface area contributed by atoms with E-state index in [4.69, 9.17) is 16.3 Å². The Morgan fingerprint density at radius 3 is 2.54 bits per heavy atom. The van der Waals surface area contributed by atoms with Crippen molar-refractivity contribution in [1.82, 2.24) is 0 Å².